The van der Waals surface area contributed by atoms with Crippen LogP contribution in [0.1, 0.15) is 6.42 Å². The minimum Gasteiger partial charge on any atom is -0.404 e. The Balaban J connectivity index is 2.35. The molecule has 0 aliphatic carbocycles. The zero-order chi connectivity index (χ0) is 15.7. The lowest BCUT2D eigenvalue weighted by Gasteiger charge is -2.24. The van der Waals surface area contributed by atoms with Crippen molar-refractivity contribution in [1.29, 1.82) is 0 Å². The number of rotatable bonds is 4. The van der Waals surface area contributed by atoms with Crippen LogP contribution in [0, 0.1) is 0 Å². The smallest absolute Gasteiger partial charge is 0.404 e. The second kappa shape index (κ2) is 5.82. The molecule has 0 spiro atoms. The third-order valence-electron chi connectivity index (χ3n) is 3.28. The molecule has 1 atom stereocenters. The fraction of sp³-hybridized carbons (Fsp3) is 0.500. The summed E-state index contributed by atoms with van der Waals surface area (Å²) in [6, 6.07) is 4.46. The molecule has 1 aliphatic heterocycles. The van der Waals surface area contributed by atoms with E-state index in [-0.39, 0.29) is 6.04 Å². The second-order valence-electron chi connectivity index (χ2n) is 4.66. The Morgan fingerprint density at radius 2 is 2.00 bits per heavy atom. The second-order valence-corrected chi connectivity index (χ2v) is 6.63. The first kappa shape index (κ1) is 16.1. The van der Waals surface area contributed by atoms with Crippen molar-refractivity contribution < 1.29 is 26.3 Å². The van der Waals surface area contributed by atoms with Crippen LogP contribution < -0.4 is 10.1 Å². The quantitative estimate of drug-likeness (QED) is 0.913. The summed E-state index contributed by atoms with van der Waals surface area (Å²) >= 11 is 0. The van der Waals surface area contributed by atoms with Gasteiger partial charge in [0.1, 0.15) is 10.6 Å². The molecule has 1 unspecified atom stereocenters. The number of alkyl halides is 3. The first-order valence-electron chi connectivity index (χ1n) is 6.25. The highest BCUT2D eigenvalue weighted by Crippen LogP contribution is 2.31. The van der Waals surface area contributed by atoms with Crippen LogP contribution in [0.3, 0.4) is 0 Å². The van der Waals surface area contributed by atoms with E-state index in [1.807, 2.05) is 0 Å². The number of benzene rings is 1. The van der Waals surface area contributed by atoms with Crippen LogP contribution in [-0.4, -0.2) is 45.3 Å². The summed E-state index contributed by atoms with van der Waals surface area (Å²) in [4.78, 5) is -0.489. The van der Waals surface area contributed by atoms with Crippen LogP contribution in [0.25, 0.3) is 0 Å². The number of sulfonamides is 1. The molecule has 1 N–H and O–H groups in total. The van der Waals surface area contributed by atoms with E-state index in [0.29, 0.717) is 19.5 Å². The molecule has 0 bridgehead atoms. The first-order valence-corrected chi connectivity index (χ1v) is 7.69. The molecular formula is C12H15F3N2O3S. The van der Waals surface area contributed by atoms with E-state index < -0.39 is 27.0 Å². The zero-order valence-corrected chi connectivity index (χ0v) is 12.0. The normalized spacial score (nSPS) is 20.0. The van der Waals surface area contributed by atoms with Gasteiger partial charge in [0, 0.05) is 19.6 Å². The predicted octanol–water partition coefficient (Wildman–Crippen LogP) is 1.57. The van der Waals surface area contributed by atoms with Crippen LogP contribution in [0.4, 0.5) is 13.2 Å². The SMILES string of the molecule is CN(C1CCNC1)S(=O)(=O)c1ccccc1OC(F)(F)F. The Kier molecular flexibility index (Phi) is 4.45. The molecule has 118 valence electrons. The summed E-state index contributed by atoms with van der Waals surface area (Å²) in [5, 5.41) is 3.01. The fourth-order valence-electron chi connectivity index (χ4n) is 2.17. The third-order valence-corrected chi connectivity index (χ3v) is 5.23. The van der Waals surface area contributed by atoms with E-state index in [2.05, 4.69) is 10.1 Å². The number of hydrogen-bond donors (Lipinski definition) is 1. The molecule has 1 fully saturated rings. The van der Waals surface area contributed by atoms with Crippen LogP contribution >= 0.6 is 0 Å². The molecule has 0 saturated carbocycles. The van der Waals surface area contributed by atoms with E-state index in [4.69, 9.17) is 0 Å². The number of likely N-dealkylation sites (N-methyl/N-ethyl adjacent to an activating group) is 1. The molecule has 5 nitrogen and oxygen atoms in total. The number of halogens is 3. The van der Waals surface area contributed by atoms with Gasteiger partial charge in [0.05, 0.1) is 0 Å². The van der Waals surface area contributed by atoms with Gasteiger partial charge in [-0.3, -0.25) is 0 Å². The van der Waals surface area contributed by atoms with E-state index in [9.17, 15) is 21.6 Å². The van der Waals surface area contributed by atoms with Crippen molar-refractivity contribution in [2.75, 3.05) is 20.1 Å². The lowest BCUT2D eigenvalue weighted by atomic mass is 10.3. The standard InChI is InChI=1S/C12H15F3N2O3S/c1-17(9-6-7-16-8-9)21(18,19)11-5-3-2-4-10(11)20-12(13,14)15/h2-5,9,16H,6-8H2,1H3. The lowest BCUT2D eigenvalue weighted by Crippen LogP contribution is -2.38. The molecule has 0 aromatic heterocycles. The minimum atomic E-state index is -4.95. The largest absolute Gasteiger partial charge is 0.573 e. The highest BCUT2D eigenvalue weighted by molar-refractivity contribution is 7.89. The third kappa shape index (κ3) is 3.66. The van der Waals surface area contributed by atoms with Gasteiger partial charge in [-0.25, -0.2) is 8.42 Å². The average molecular weight is 324 g/mol. The maximum absolute atomic E-state index is 12.5. The summed E-state index contributed by atoms with van der Waals surface area (Å²) in [5.41, 5.74) is 0. The van der Waals surface area contributed by atoms with Gasteiger partial charge in [0.15, 0.2) is 0 Å². The summed E-state index contributed by atoms with van der Waals surface area (Å²) in [6.07, 6.45) is -4.34. The Hall–Kier alpha value is -1.32. The maximum Gasteiger partial charge on any atom is 0.573 e. The number of hydrogen-bond acceptors (Lipinski definition) is 4. The van der Waals surface area contributed by atoms with Gasteiger partial charge in [-0.1, -0.05) is 12.1 Å². The van der Waals surface area contributed by atoms with Crippen molar-refractivity contribution in [3.8, 4) is 5.75 Å². The van der Waals surface area contributed by atoms with Crippen molar-refractivity contribution >= 4 is 10.0 Å². The van der Waals surface area contributed by atoms with E-state index in [1.165, 1.54) is 19.2 Å². The summed E-state index contributed by atoms with van der Waals surface area (Å²) in [6.45, 7) is 1.14. The minimum absolute atomic E-state index is 0.283. The average Bonchev–Trinajstić information content (AvgIpc) is 2.90. The number of para-hydroxylation sites is 1. The van der Waals surface area contributed by atoms with Gasteiger partial charge in [-0.2, -0.15) is 4.31 Å². The number of ether oxygens (including phenoxy) is 1. The van der Waals surface area contributed by atoms with Crippen molar-refractivity contribution in [3.63, 3.8) is 0 Å². The molecule has 2 rings (SSSR count). The molecule has 0 amide bonds. The van der Waals surface area contributed by atoms with Crippen LogP contribution in [0.15, 0.2) is 29.2 Å². The number of nitrogens with zero attached hydrogens (tertiary/aromatic N) is 1. The maximum atomic E-state index is 12.5. The lowest BCUT2D eigenvalue weighted by molar-refractivity contribution is -0.275. The van der Waals surface area contributed by atoms with E-state index in [1.54, 1.807) is 0 Å². The Morgan fingerprint density at radius 3 is 2.57 bits per heavy atom. The molecule has 0 radical (unpaired) electrons. The van der Waals surface area contributed by atoms with Crippen LogP contribution in [0.5, 0.6) is 5.75 Å². The van der Waals surface area contributed by atoms with E-state index in [0.717, 1.165) is 16.4 Å². The fourth-order valence-corrected chi connectivity index (χ4v) is 3.67. The molecule has 1 saturated heterocycles. The molecule has 21 heavy (non-hydrogen) atoms. The molecule has 1 aliphatic rings. The molecule has 1 aromatic rings. The monoisotopic (exact) mass is 324 g/mol. The van der Waals surface area contributed by atoms with Gasteiger partial charge in [0.25, 0.3) is 0 Å². The van der Waals surface area contributed by atoms with Crippen molar-refractivity contribution in [3.05, 3.63) is 24.3 Å². The molecule has 9 heteroatoms. The molecule has 1 aromatic carbocycles. The van der Waals surface area contributed by atoms with Gasteiger partial charge in [-0.15, -0.1) is 13.2 Å². The molecular weight excluding hydrogens is 309 g/mol. The zero-order valence-electron chi connectivity index (χ0n) is 11.2. The van der Waals surface area contributed by atoms with Gasteiger partial charge in [0.2, 0.25) is 10.0 Å². The van der Waals surface area contributed by atoms with E-state index >= 15 is 0 Å². The van der Waals surface area contributed by atoms with Crippen LogP contribution in [0.2, 0.25) is 0 Å². The summed E-state index contributed by atoms with van der Waals surface area (Å²) in [7, 11) is -2.70. The van der Waals surface area contributed by atoms with Gasteiger partial charge < -0.3 is 10.1 Å². The topological polar surface area (TPSA) is 58.6 Å². The van der Waals surface area contributed by atoms with Crippen molar-refractivity contribution in [1.82, 2.24) is 9.62 Å². The Bertz CT molecular complexity index is 598. The first-order chi connectivity index (χ1) is 9.72. The highest BCUT2D eigenvalue weighted by Gasteiger charge is 2.36. The summed E-state index contributed by atoms with van der Waals surface area (Å²) < 4.78 is 67.0. The Labute approximate surface area is 120 Å². The summed E-state index contributed by atoms with van der Waals surface area (Å²) in [5.74, 6) is -0.720. The molecule has 1 heterocycles. The highest BCUT2D eigenvalue weighted by atomic mass is 32.2. The van der Waals surface area contributed by atoms with Crippen molar-refractivity contribution in [2.45, 2.75) is 23.7 Å². The van der Waals surface area contributed by atoms with Crippen LogP contribution in [-0.2, 0) is 10.0 Å². The number of nitrogens with one attached hydrogen (secondary N) is 1. The Morgan fingerprint density at radius 1 is 1.33 bits per heavy atom. The van der Waals surface area contributed by atoms with Gasteiger partial charge >= 0.3 is 6.36 Å². The van der Waals surface area contributed by atoms with Gasteiger partial charge in [-0.05, 0) is 25.1 Å². The van der Waals surface area contributed by atoms with Crippen molar-refractivity contribution in [2.24, 2.45) is 0 Å². The predicted molar refractivity (Wildman–Crippen MR) is 69.3 cm³/mol.